The zero-order valence-electron chi connectivity index (χ0n) is 35.4. The van der Waals surface area contributed by atoms with Gasteiger partial charge in [0.15, 0.2) is 0 Å². The fourth-order valence-corrected chi connectivity index (χ4v) is 11.5. The van der Waals surface area contributed by atoms with Crippen LogP contribution in [-0.2, 0) is 5.41 Å². The van der Waals surface area contributed by atoms with Gasteiger partial charge >= 0.3 is 0 Å². The second-order valence-corrected chi connectivity index (χ2v) is 17.7. The summed E-state index contributed by atoms with van der Waals surface area (Å²) in [5, 5.41) is 2.56. The quantitative estimate of drug-likeness (QED) is 0.151. The molecule has 298 valence electrons. The average molecular weight is 815 g/mol. The summed E-state index contributed by atoms with van der Waals surface area (Å²) in [6, 6.07) is 76.5. The Labute approximate surface area is 368 Å². The van der Waals surface area contributed by atoms with E-state index in [9.17, 15) is 0 Å². The normalized spacial score (nSPS) is 12.6. The molecule has 62 heavy (non-hydrogen) atoms. The molecule has 0 atom stereocenters. The highest BCUT2D eigenvalue weighted by atomic mass is 32.1. The standard InChI is InChI=1S/C59H46N2S/c1-39-21-11-16-30-50(39)60(51-31-17-12-22-40(51)2)45-35-36-46-48(37-45)59(43-25-7-5-8-26-43,44-27-9-6-10-28-44)49-38-54(57-47-29-15-20-34-55(47)62-58(57)56(46)49)61(52-32-18-13-23-41(52)3)53-33-19-14-24-42(53)4/h5-38H,1-4H3. The maximum Gasteiger partial charge on any atom is 0.0715 e. The summed E-state index contributed by atoms with van der Waals surface area (Å²) in [4.78, 5) is 5.01. The zero-order chi connectivity index (χ0) is 42.0. The average Bonchev–Trinajstić information content (AvgIpc) is 3.84. The van der Waals surface area contributed by atoms with Crippen LogP contribution in [0.3, 0.4) is 0 Å². The Morgan fingerprint density at radius 2 is 0.839 bits per heavy atom. The maximum absolute atomic E-state index is 2.57. The van der Waals surface area contributed by atoms with E-state index in [1.54, 1.807) is 0 Å². The molecular weight excluding hydrogens is 769 g/mol. The van der Waals surface area contributed by atoms with Crippen molar-refractivity contribution < 1.29 is 0 Å². The van der Waals surface area contributed by atoms with Crippen LogP contribution in [0.15, 0.2) is 206 Å². The molecule has 0 N–H and O–H groups in total. The van der Waals surface area contributed by atoms with Gasteiger partial charge in [0, 0.05) is 54.2 Å². The van der Waals surface area contributed by atoms with Crippen LogP contribution >= 0.6 is 11.3 Å². The van der Waals surface area contributed by atoms with E-state index in [0.29, 0.717) is 0 Å². The highest BCUT2D eigenvalue weighted by Gasteiger charge is 2.48. The first-order chi connectivity index (χ1) is 30.4. The van der Waals surface area contributed by atoms with E-state index in [0.717, 1.165) is 5.69 Å². The molecular formula is C59H46N2S. The molecule has 0 fully saturated rings. The lowest BCUT2D eigenvalue weighted by atomic mass is 9.67. The van der Waals surface area contributed by atoms with Gasteiger partial charge in [-0.25, -0.2) is 0 Å². The topological polar surface area (TPSA) is 6.48 Å². The summed E-state index contributed by atoms with van der Waals surface area (Å²) < 4.78 is 2.59. The smallest absolute Gasteiger partial charge is 0.0715 e. The van der Waals surface area contributed by atoms with E-state index in [4.69, 9.17) is 0 Å². The second kappa shape index (κ2) is 15.1. The van der Waals surface area contributed by atoms with Crippen LogP contribution in [0.25, 0.3) is 31.3 Å². The minimum atomic E-state index is -0.658. The summed E-state index contributed by atoms with van der Waals surface area (Å²) in [5.41, 5.74) is 18.9. The van der Waals surface area contributed by atoms with Gasteiger partial charge in [-0.15, -0.1) is 11.3 Å². The highest BCUT2D eigenvalue weighted by Crippen LogP contribution is 2.62. The number of rotatable bonds is 8. The summed E-state index contributed by atoms with van der Waals surface area (Å²) in [6.07, 6.45) is 0. The van der Waals surface area contributed by atoms with Gasteiger partial charge < -0.3 is 9.80 Å². The Bertz CT molecular complexity index is 3180. The largest absolute Gasteiger partial charge is 0.310 e. The number of para-hydroxylation sites is 4. The fourth-order valence-electron chi connectivity index (χ4n) is 10.2. The number of benzene rings is 9. The van der Waals surface area contributed by atoms with Crippen LogP contribution in [0, 0.1) is 27.7 Å². The molecule has 1 aromatic heterocycles. The summed E-state index contributed by atoms with van der Waals surface area (Å²) in [5.74, 6) is 0. The molecule has 2 nitrogen and oxygen atoms in total. The molecule has 9 aromatic carbocycles. The molecule has 1 aliphatic carbocycles. The third kappa shape index (κ3) is 5.76. The number of anilines is 6. The van der Waals surface area contributed by atoms with Crippen LogP contribution in [0.5, 0.6) is 0 Å². The Morgan fingerprint density at radius 3 is 1.35 bits per heavy atom. The van der Waals surface area contributed by atoms with E-state index in [1.165, 1.54) is 104 Å². The lowest BCUT2D eigenvalue weighted by molar-refractivity contribution is 0.769. The van der Waals surface area contributed by atoms with E-state index in [2.05, 4.69) is 244 Å². The third-order valence-corrected chi connectivity index (χ3v) is 14.2. The lowest BCUT2D eigenvalue weighted by Gasteiger charge is -2.36. The monoisotopic (exact) mass is 814 g/mol. The molecule has 0 bridgehead atoms. The van der Waals surface area contributed by atoms with Gasteiger partial charge in [0.05, 0.1) is 11.1 Å². The molecule has 0 spiro atoms. The van der Waals surface area contributed by atoms with Crippen LogP contribution in [0.4, 0.5) is 34.1 Å². The molecule has 11 rings (SSSR count). The molecule has 0 saturated heterocycles. The number of nitrogens with zero attached hydrogens (tertiary/aromatic N) is 2. The third-order valence-electron chi connectivity index (χ3n) is 13.0. The van der Waals surface area contributed by atoms with Crippen molar-refractivity contribution >= 4 is 65.6 Å². The summed E-state index contributed by atoms with van der Waals surface area (Å²) in [7, 11) is 0. The van der Waals surface area contributed by atoms with E-state index in [-0.39, 0.29) is 0 Å². The Hall–Kier alpha value is -7.20. The predicted molar refractivity (Wildman–Crippen MR) is 265 cm³/mol. The minimum absolute atomic E-state index is 0.658. The van der Waals surface area contributed by atoms with Crippen LogP contribution < -0.4 is 9.80 Å². The van der Waals surface area contributed by atoms with Crippen molar-refractivity contribution in [2.24, 2.45) is 0 Å². The van der Waals surface area contributed by atoms with Crippen LogP contribution in [-0.4, -0.2) is 0 Å². The molecule has 10 aromatic rings. The number of aryl methyl sites for hydroxylation is 4. The highest BCUT2D eigenvalue weighted by molar-refractivity contribution is 7.26. The van der Waals surface area contributed by atoms with Crippen LogP contribution in [0.2, 0.25) is 0 Å². The second-order valence-electron chi connectivity index (χ2n) is 16.6. The van der Waals surface area contributed by atoms with Gasteiger partial charge in [0.2, 0.25) is 0 Å². The lowest BCUT2D eigenvalue weighted by Crippen LogP contribution is -2.29. The maximum atomic E-state index is 2.57. The number of thiophene rings is 1. The molecule has 1 heterocycles. The van der Waals surface area contributed by atoms with Crippen molar-refractivity contribution in [2.75, 3.05) is 9.80 Å². The number of hydrogen-bond acceptors (Lipinski definition) is 3. The fraction of sp³-hybridized carbons (Fsp3) is 0.0847. The minimum Gasteiger partial charge on any atom is -0.310 e. The van der Waals surface area contributed by atoms with Crippen molar-refractivity contribution in [1.29, 1.82) is 0 Å². The van der Waals surface area contributed by atoms with Crippen molar-refractivity contribution in [3.63, 3.8) is 0 Å². The number of hydrogen-bond donors (Lipinski definition) is 0. The van der Waals surface area contributed by atoms with Crippen LogP contribution in [0.1, 0.15) is 44.5 Å². The Kier molecular flexibility index (Phi) is 9.17. The molecule has 1 aliphatic rings. The predicted octanol–water partition coefficient (Wildman–Crippen LogP) is 16.6. The molecule has 0 unspecified atom stereocenters. The van der Waals surface area contributed by atoms with Gasteiger partial charge in [-0.2, -0.15) is 0 Å². The van der Waals surface area contributed by atoms with Gasteiger partial charge in [-0.05, 0) is 126 Å². The van der Waals surface area contributed by atoms with Gasteiger partial charge in [0.25, 0.3) is 0 Å². The van der Waals surface area contributed by atoms with E-state index < -0.39 is 5.41 Å². The van der Waals surface area contributed by atoms with E-state index in [1.807, 2.05) is 11.3 Å². The van der Waals surface area contributed by atoms with E-state index >= 15 is 0 Å². The SMILES string of the molecule is Cc1ccccc1N(c1ccc2c(c1)C(c1ccccc1)(c1ccccc1)c1cc(N(c3ccccc3C)c3ccccc3C)c3c(sc4ccccc43)c1-2)c1ccccc1C. The molecule has 0 amide bonds. The van der Waals surface area contributed by atoms with Crippen molar-refractivity contribution in [2.45, 2.75) is 33.1 Å². The summed E-state index contributed by atoms with van der Waals surface area (Å²) in [6.45, 7) is 8.91. The van der Waals surface area contributed by atoms with Crippen molar-refractivity contribution in [3.05, 3.63) is 251 Å². The summed E-state index contributed by atoms with van der Waals surface area (Å²) >= 11 is 1.92. The first-order valence-electron chi connectivity index (χ1n) is 21.5. The first-order valence-corrected chi connectivity index (χ1v) is 22.3. The van der Waals surface area contributed by atoms with Gasteiger partial charge in [0.1, 0.15) is 0 Å². The Balaban J connectivity index is 1.32. The molecule has 0 saturated carbocycles. The van der Waals surface area contributed by atoms with Crippen molar-refractivity contribution in [3.8, 4) is 11.1 Å². The molecule has 0 aliphatic heterocycles. The van der Waals surface area contributed by atoms with Gasteiger partial charge in [-0.1, -0.05) is 158 Å². The molecule has 0 radical (unpaired) electrons. The molecule has 3 heteroatoms. The first kappa shape index (κ1) is 37.8. The zero-order valence-corrected chi connectivity index (χ0v) is 36.2. The van der Waals surface area contributed by atoms with Gasteiger partial charge in [-0.3, -0.25) is 0 Å². The number of fused-ring (bicyclic) bond motifs is 7. The van der Waals surface area contributed by atoms with Crippen molar-refractivity contribution in [1.82, 2.24) is 0 Å². The Morgan fingerprint density at radius 1 is 0.387 bits per heavy atom.